The van der Waals surface area contributed by atoms with Gasteiger partial charge in [0.15, 0.2) is 6.10 Å². The molecule has 0 spiro atoms. The maximum Gasteiger partial charge on any atom is 0.263 e. The summed E-state index contributed by atoms with van der Waals surface area (Å²) in [5.41, 5.74) is 2.12. The zero-order chi connectivity index (χ0) is 23.2. The third kappa shape index (κ3) is 5.88. The van der Waals surface area contributed by atoms with Crippen LogP contribution in [-0.4, -0.2) is 36.0 Å². The molecular weight excluding hydrogens is 423 g/mol. The number of fused-ring (bicyclic) bond motifs is 1. The summed E-state index contributed by atoms with van der Waals surface area (Å²) in [6.45, 7) is 2.83. The van der Waals surface area contributed by atoms with Crippen LogP contribution in [0.3, 0.4) is 0 Å². The Bertz CT molecular complexity index is 1120. The molecule has 1 atom stereocenters. The number of rotatable bonds is 7. The van der Waals surface area contributed by atoms with Gasteiger partial charge in [-0.2, -0.15) is 0 Å². The van der Waals surface area contributed by atoms with E-state index < -0.39 is 6.10 Å². The Morgan fingerprint density at radius 2 is 1.88 bits per heavy atom. The smallest absolute Gasteiger partial charge is 0.263 e. The minimum Gasteiger partial charge on any atom is -0.492 e. The Kier molecular flexibility index (Phi) is 6.88. The van der Waals surface area contributed by atoms with E-state index in [0.717, 1.165) is 16.9 Å². The maximum atomic E-state index is 13.1. The van der Waals surface area contributed by atoms with Crippen molar-refractivity contribution >= 4 is 17.5 Å². The molecule has 6 nitrogen and oxygen atoms in total. The SMILES string of the molecule is C[C@H]1Oc2ccc(NC(=O)Cc3ccc(F)cc3)cc2CN(CCOc2ccccc2)C1=O. The molecule has 3 aromatic rings. The number of halogens is 1. The first kappa shape index (κ1) is 22.3. The molecule has 33 heavy (non-hydrogen) atoms. The highest BCUT2D eigenvalue weighted by Crippen LogP contribution is 2.28. The average molecular weight is 448 g/mol. The van der Waals surface area contributed by atoms with E-state index in [4.69, 9.17) is 9.47 Å². The van der Waals surface area contributed by atoms with Crippen molar-refractivity contribution in [2.75, 3.05) is 18.5 Å². The monoisotopic (exact) mass is 448 g/mol. The lowest BCUT2D eigenvalue weighted by Crippen LogP contribution is -2.40. The molecule has 0 unspecified atom stereocenters. The number of ether oxygens (including phenoxy) is 2. The van der Waals surface area contributed by atoms with Gasteiger partial charge in [-0.15, -0.1) is 0 Å². The van der Waals surface area contributed by atoms with Gasteiger partial charge in [0.2, 0.25) is 5.91 Å². The van der Waals surface area contributed by atoms with Crippen LogP contribution in [0.4, 0.5) is 10.1 Å². The Balaban J connectivity index is 1.41. The molecule has 1 heterocycles. The van der Waals surface area contributed by atoms with Gasteiger partial charge >= 0.3 is 0 Å². The summed E-state index contributed by atoms with van der Waals surface area (Å²) in [4.78, 5) is 26.9. The topological polar surface area (TPSA) is 67.9 Å². The van der Waals surface area contributed by atoms with E-state index in [1.807, 2.05) is 36.4 Å². The Labute approximate surface area is 191 Å². The number of para-hydroxylation sites is 1. The summed E-state index contributed by atoms with van der Waals surface area (Å²) in [5, 5.41) is 2.86. The first-order valence-electron chi connectivity index (χ1n) is 10.8. The average Bonchev–Trinajstić information content (AvgIpc) is 2.92. The van der Waals surface area contributed by atoms with E-state index in [2.05, 4.69) is 5.32 Å². The normalized spacial score (nSPS) is 15.3. The van der Waals surface area contributed by atoms with E-state index >= 15 is 0 Å². The maximum absolute atomic E-state index is 13.1. The molecule has 4 rings (SSSR count). The Morgan fingerprint density at radius 1 is 1.12 bits per heavy atom. The Morgan fingerprint density at radius 3 is 2.64 bits per heavy atom. The second-order valence-electron chi connectivity index (χ2n) is 7.86. The zero-order valence-corrected chi connectivity index (χ0v) is 18.3. The van der Waals surface area contributed by atoms with Crippen molar-refractivity contribution in [2.45, 2.75) is 26.0 Å². The largest absolute Gasteiger partial charge is 0.492 e. The molecule has 7 heteroatoms. The lowest BCUT2D eigenvalue weighted by atomic mass is 10.1. The minimum absolute atomic E-state index is 0.121. The molecule has 1 aliphatic heterocycles. The zero-order valence-electron chi connectivity index (χ0n) is 18.3. The fourth-order valence-corrected chi connectivity index (χ4v) is 3.65. The van der Waals surface area contributed by atoms with Gasteiger partial charge in [-0.3, -0.25) is 9.59 Å². The predicted molar refractivity (Wildman–Crippen MR) is 123 cm³/mol. The van der Waals surface area contributed by atoms with Gasteiger partial charge in [0, 0.05) is 17.8 Å². The molecule has 0 bridgehead atoms. The number of hydrogen-bond donors (Lipinski definition) is 1. The lowest BCUT2D eigenvalue weighted by Gasteiger charge is -2.22. The third-order valence-corrected chi connectivity index (χ3v) is 5.32. The van der Waals surface area contributed by atoms with Crippen LogP contribution < -0.4 is 14.8 Å². The van der Waals surface area contributed by atoms with E-state index in [1.54, 1.807) is 36.1 Å². The van der Waals surface area contributed by atoms with Crippen molar-refractivity contribution in [1.29, 1.82) is 0 Å². The molecule has 3 aromatic carbocycles. The number of anilines is 1. The second-order valence-corrected chi connectivity index (χ2v) is 7.86. The molecule has 0 saturated heterocycles. The van der Waals surface area contributed by atoms with Crippen molar-refractivity contribution in [3.05, 3.63) is 89.7 Å². The molecule has 0 aliphatic carbocycles. The highest BCUT2D eigenvalue weighted by molar-refractivity contribution is 5.92. The molecular formula is C26H25FN2O4. The van der Waals surface area contributed by atoms with Crippen LogP contribution in [0.15, 0.2) is 72.8 Å². The first-order valence-corrected chi connectivity index (χ1v) is 10.8. The van der Waals surface area contributed by atoms with Gasteiger partial charge in [0.05, 0.1) is 13.0 Å². The van der Waals surface area contributed by atoms with Gasteiger partial charge in [0.1, 0.15) is 23.9 Å². The minimum atomic E-state index is -0.623. The number of benzene rings is 3. The number of carbonyl (C=O) groups is 2. The van der Waals surface area contributed by atoms with Crippen molar-refractivity contribution in [3.8, 4) is 11.5 Å². The summed E-state index contributed by atoms with van der Waals surface area (Å²) in [6, 6.07) is 20.6. The second kappa shape index (κ2) is 10.2. The number of nitrogens with one attached hydrogen (secondary N) is 1. The van der Waals surface area contributed by atoms with Crippen LogP contribution in [0.1, 0.15) is 18.1 Å². The van der Waals surface area contributed by atoms with Gasteiger partial charge in [-0.05, 0) is 55.0 Å². The van der Waals surface area contributed by atoms with Crippen molar-refractivity contribution in [1.82, 2.24) is 4.90 Å². The summed E-state index contributed by atoms with van der Waals surface area (Å²) >= 11 is 0. The molecule has 170 valence electrons. The first-order chi connectivity index (χ1) is 16.0. The number of carbonyl (C=O) groups excluding carboxylic acids is 2. The molecule has 2 amide bonds. The van der Waals surface area contributed by atoms with Crippen LogP contribution in [0.2, 0.25) is 0 Å². The summed E-state index contributed by atoms with van der Waals surface area (Å²) in [7, 11) is 0. The standard InChI is InChI=1S/C26H25FN2O4/c1-18-26(31)29(13-14-32-23-5-3-2-4-6-23)17-20-16-22(11-12-24(20)33-18)28-25(30)15-19-7-9-21(27)10-8-19/h2-12,16,18H,13-15,17H2,1H3,(H,28,30)/t18-/m1/s1. The van der Waals surface area contributed by atoms with Gasteiger partial charge < -0.3 is 19.7 Å². The predicted octanol–water partition coefficient (Wildman–Crippen LogP) is 4.20. The van der Waals surface area contributed by atoms with Crippen LogP contribution >= 0.6 is 0 Å². The van der Waals surface area contributed by atoms with Crippen molar-refractivity contribution in [3.63, 3.8) is 0 Å². The van der Waals surface area contributed by atoms with Gasteiger partial charge in [0.25, 0.3) is 5.91 Å². The van der Waals surface area contributed by atoms with Gasteiger partial charge in [-0.25, -0.2) is 4.39 Å². The lowest BCUT2D eigenvalue weighted by molar-refractivity contribution is -0.138. The highest BCUT2D eigenvalue weighted by atomic mass is 19.1. The summed E-state index contributed by atoms with van der Waals surface area (Å²) < 4.78 is 24.7. The molecule has 0 aromatic heterocycles. The van der Waals surface area contributed by atoms with E-state index in [9.17, 15) is 14.0 Å². The van der Waals surface area contributed by atoms with E-state index in [-0.39, 0.29) is 24.1 Å². The van der Waals surface area contributed by atoms with Crippen LogP contribution in [-0.2, 0) is 22.6 Å². The number of nitrogens with zero attached hydrogens (tertiary/aromatic N) is 1. The van der Waals surface area contributed by atoms with Crippen molar-refractivity contribution in [2.24, 2.45) is 0 Å². The molecule has 1 N–H and O–H groups in total. The Hall–Kier alpha value is -3.87. The van der Waals surface area contributed by atoms with Crippen molar-refractivity contribution < 1.29 is 23.5 Å². The fourth-order valence-electron chi connectivity index (χ4n) is 3.65. The van der Waals surface area contributed by atoms with Gasteiger partial charge in [-0.1, -0.05) is 30.3 Å². The fraction of sp³-hybridized carbons (Fsp3) is 0.231. The quantitative estimate of drug-likeness (QED) is 0.589. The number of amides is 2. The summed E-state index contributed by atoms with van der Waals surface area (Å²) in [5.74, 6) is 0.681. The molecule has 1 aliphatic rings. The molecule has 0 fully saturated rings. The van der Waals surface area contributed by atoms with Crippen LogP contribution in [0, 0.1) is 5.82 Å². The van der Waals surface area contributed by atoms with Crippen LogP contribution in [0.25, 0.3) is 0 Å². The molecule has 0 radical (unpaired) electrons. The third-order valence-electron chi connectivity index (χ3n) is 5.32. The highest BCUT2D eigenvalue weighted by Gasteiger charge is 2.28. The van der Waals surface area contributed by atoms with E-state index in [1.165, 1.54) is 12.1 Å². The van der Waals surface area contributed by atoms with E-state index in [0.29, 0.717) is 31.1 Å². The van der Waals surface area contributed by atoms with Crippen LogP contribution in [0.5, 0.6) is 11.5 Å². The molecule has 0 saturated carbocycles. The number of hydrogen-bond acceptors (Lipinski definition) is 4. The summed E-state index contributed by atoms with van der Waals surface area (Å²) in [6.07, 6.45) is -0.492.